The molecule has 1 aromatic carbocycles. The molecule has 1 N–H and O–H groups in total. The van der Waals surface area contributed by atoms with Gasteiger partial charge in [-0.2, -0.15) is 0 Å². The fraction of sp³-hybridized carbons (Fsp3) is 0.182. The van der Waals surface area contributed by atoms with Crippen molar-refractivity contribution >= 4 is 23.4 Å². The van der Waals surface area contributed by atoms with Crippen LogP contribution in [0.15, 0.2) is 34.2 Å². The van der Waals surface area contributed by atoms with Gasteiger partial charge in [0.15, 0.2) is 5.16 Å². The summed E-state index contributed by atoms with van der Waals surface area (Å²) in [7, 11) is 0. The molecule has 2 aromatic rings. The lowest BCUT2D eigenvalue weighted by Crippen LogP contribution is -2.14. The standard InChI is InChI=1S/C11H10ClN3OS/c1-7-10(16)13-11(15-14-7)17-6-8-3-2-4-9(12)5-8/h2-5H,6H2,1H3,(H,13,15,16). The number of hydrogen-bond acceptors (Lipinski definition) is 4. The Morgan fingerprint density at radius 3 is 2.94 bits per heavy atom. The minimum atomic E-state index is -0.200. The molecule has 6 heteroatoms. The summed E-state index contributed by atoms with van der Waals surface area (Å²) < 4.78 is 0. The summed E-state index contributed by atoms with van der Waals surface area (Å²) in [5.74, 6) is 0.689. The third-order valence-electron chi connectivity index (χ3n) is 2.10. The van der Waals surface area contributed by atoms with E-state index in [1.807, 2.05) is 24.3 Å². The highest BCUT2D eigenvalue weighted by Crippen LogP contribution is 2.19. The molecule has 0 bridgehead atoms. The van der Waals surface area contributed by atoms with Gasteiger partial charge in [-0.1, -0.05) is 35.5 Å². The fourth-order valence-electron chi connectivity index (χ4n) is 1.22. The van der Waals surface area contributed by atoms with Crippen molar-refractivity contribution in [3.8, 4) is 0 Å². The van der Waals surface area contributed by atoms with Crippen LogP contribution >= 0.6 is 23.4 Å². The third-order valence-corrected chi connectivity index (χ3v) is 3.27. The third kappa shape index (κ3) is 3.31. The van der Waals surface area contributed by atoms with Gasteiger partial charge < -0.3 is 0 Å². The molecule has 0 unspecified atom stereocenters. The summed E-state index contributed by atoms with van der Waals surface area (Å²) in [5.41, 5.74) is 1.25. The number of nitrogens with zero attached hydrogens (tertiary/aromatic N) is 2. The summed E-state index contributed by atoms with van der Waals surface area (Å²) in [6.45, 7) is 1.62. The molecular formula is C11H10ClN3OS. The molecule has 17 heavy (non-hydrogen) atoms. The van der Waals surface area contributed by atoms with Crippen LogP contribution in [0.25, 0.3) is 0 Å². The monoisotopic (exact) mass is 267 g/mol. The van der Waals surface area contributed by atoms with Gasteiger partial charge >= 0.3 is 0 Å². The molecule has 1 aromatic heterocycles. The maximum Gasteiger partial charge on any atom is 0.273 e. The van der Waals surface area contributed by atoms with Crippen molar-refractivity contribution < 1.29 is 0 Å². The van der Waals surface area contributed by atoms with Gasteiger partial charge in [0.1, 0.15) is 5.69 Å². The van der Waals surface area contributed by atoms with Gasteiger partial charge in [0.05, 0.1) is 0 Å². The van der Waals surface area contributed by atoms with Crippen LogP contribution in [0.4, 0.5) is 0 Å². The molecule has 0 atom stereocenters. The highest BCUT2D eigenvalue weighted by atomic mass is 35.5. The van der Waals surface area contributed by atoms with Crippen molar-refractivity contribution in [2.75, 3.05) is 0 Å². The minimum absolute atomic E-state index is 0.200. The second-order valence-electron chi connectivity index (χ2n) is 3.46. The van der Waals surface area contributed by atoms with Crippen molar-refractivity contribution in [1.29, 1.82) is 0 Å². The number of aromatic nitrogens is 3. The van der Waals surface area contributed by atoms with Crippen molar-refractivity contribution in [1.82, 2.24) is 15.2 Å². The summed E-state index contributed by atoms with van der Waals surface area (Å²) in [6, 6.07) is 7.57. The molecule has 88 valence electrons. The van der Waals surface area contributed by atoms with Gasteiger partial charge in [-0.25, -0.2) is 0 Å². The summed E-state index contributed by atoms with van der Waals surface area (Å²) >= 11 is 7.29. The zero-order chi connectivity index (χ0) is 12.3. The van der Waals surface area contributed by atoms with Gasteiger partial charge in [0.2, 0.25) is 0 Å². The molecule has 1 heterocycles. The van der Waals surface area contributed by atoms with E-state index in [1.54, 1.807) is 6.92 Å². The lowest BCUT2D eigenvalue weighted by atomic mass is 10.2. The number of nitrogens with one attached hydrogen (secondary N) is 1. The van der Waals surface area contributed by atoms with Crippen molar-refractivity contribution in [2.45, 2.75) is 17.8 Å². The Bertz CT molecular complexity index is 585. The quantitative estimate of drug-likeness (QED) is 0.868. The van der Waals surface area contributed by atoms with Gasteiger partial charge in [-0.15, -0.1) is 10.2 Å². The summed E-state index contributed by atoms with van der Waals surface area (Å²) in [6.07, 6.45) is 0. The first-order valence-electron chi connectivity index (χ1n) is 4.96. The average Bonchev–Trinajstić information content (AvgIpc) is 2.31. The highest BCUT2D eigenvalue weighted by Gasteiger charge is 2.02. The molecule has 0 fully saturated rings. The largest absolute Gasteiger partial charge is 0.298 e. The van der Waals surface area contributed by atoms with Gasteiger partial charge in [-0.05, 0) is 24.6 Å². The van der Waals surface area contributed by atoms with E-state index in [-0.39, 0.29) is 5.56 Å². The van der Waals surface area contributed by atoms with E-state index in [9.17, 15) is 4.79 Å². The number of thioether (sulfide) groups is 1. The van der Waals surface area contributed by atoms with Crippen LogP contribution < -0.4 is 5.56 Å². The smallest absolute Gasteiger partial charge is 0.273 e. The number of halogens is 1. The average molecular weight is 268 g/mol. The number of hydrogen-bond donors (Lipinski definition) is 1. The van der Waals surface area contributed by atoms with E-state index in [0.717, 1.165) is 5.56 Å². The lowest BCUT2D eigenvalue weighted by Gasteiger charge is -2.01. The molecule has 0 aliphatic rings. The van der Waals surface area contributed by atoms with Crippen molar-refractivity contribution in [3.05, 3.63) is 50.9 Å². The zero-order valence-electron chi connectivity index (χ0n) is 9.11. The maximum atomic E-state index is 11.3. The first-order chi connectivity index (χ1) is 8.15. The first-order valence-corrected chi connectivity index (χ1v) is 6.32. The van der Waals surface area contributed by atoms with Crippen LogP contribution in [0.1, 0.15) is 11.3 Å². The topological polar surface area (TPSA) is 58.6 Å². The molecule has 0 aliphatic heterocycles. The molecule has 0 radical (unpaired) electrons. The predicted molar refractivity (Wildman–Crippen MR) is 68.4 cm³/mol. The van der Waals surface area contributed by atoms with Crippen LogP contribution in [0.5, 0.6) is 0 Å². The van der Waals surface area contributed by atoms with Crippen molar-refractivity contribution in [2.24, 2.45) is 0 Å². The van der Waals surface area contributed by atoms with Gasteiger partial charge in [-0.3, -0.25) is 9.78 Å². The summed E-state index contributed by atoms with van der Waals surface area (Å²) in [4.78, 5) is 14.0. The Hall–Kier alpha value is -1.33. The minimum Gasteiger partial charge on any atom is -0.298 e. The lowest BCUT2D eigenvalue weighted by molar-refractivity contribution is 0.790. The summed E-state index contributed by atoms with van der Waals surface area (Å²) in [5, 5.41) is 8.88. The normalized spacial score (nSPS) is 10.5. The van der Waals surface area contributed by atoms with E-state index >= 15 is 0 Å². The molecule has 0 spiro atoms. The molecule has 2 rings (SSSR count). The molecule has 0 saturated heterocycles. The number of aromatic amines is 1. The highest BCUT2D eigenvalue weighted by molar-refractivity contribution is 7.98. The van der Waals surface area contributed by atoms with E-state index in [4.69, 9.17) is 11.6 Å². The number of benzene rings is 1. The maximum absolute atomic E-state index is 11.3. The van der Waals surface area contributed by atoms with E-state index in [2.05, 4.69) is 15.2 Å². The van der Waals surface area contributed by atoms with E-state index in [0.29, 0.717) is 21.6 Å². The van der Waals surface area contributed by atoms with Crippen molar-refractivity contribution in [3.63, 3.8) is 0 Å². The van der Waals surface area contributed by atoms with Crippen LogP contribution in [-0.4, -0.2) is 15.2 Å². The number of aryl methyl sites for hydroxylation is 1. The van der Waals surface area contributed by atoms with Gasteiger partial charge in [0, 0.05) is 10.8 Å². The Kier molecular flexibility index (Phi) is 3.81. The first kappa shape index (κ1) is 12.1. The molecule has 0 saturated carbocycles. The molecule has 4 nitrogen and oxygen atoms in total. The SMILES string of the molecule is Cc1nnc(SCc2cccc(Cl)c2)[nH]c1=O. The molecule has 0 aliphatic carbocycles. The van der Waals surface area contributed by atoms with Crippen LogP contribution in [0.2, 0.25) is 5.02 Å². The Morgan fingerprint density at radius 2 is 2.24 bits per heavy atom. The Balaban J connectivity index is 2.07. The number of H-pyrrole nitrogens is 1. The Labute approximate surface area is 107 Å². The van der Waals surface area contributed by atoms with E-state index in [1.165, 1.54) is 11.8 Å². The molecular weight excluding hydrogens is 258 g/mol. The van der Waals surface area contributed by atoms with Crippen LogP contribution in [-0.2, 0) is 5.75 Å². The Morgan fingerprint density at radius 1 is 1.41 bits per heavy atom. The zero-order valence-corrected chi connectivity index (χ0v) is 10.7. The van der Waals surface area contributed by atoms with Crippen LogP contribution in [0.3, 0.4) is 0 Å². The van der Waals surface area contributed by atoms with Gasteiger partial charge in [0.25, 0.3) is 5.56 Å². The fourth-order valence-corrected chi connectivity index (χ4v) is 2.18. The second kappa shape index (κ2) is 5.33. The predicted octanol–water partition coefficient (Wildman–Crippen LogP) is 2.42. The second-order valence-corrected chi connectivity index (χ2v) is 4.86. The number of rotatable bonds is 3. The molecule has 0 amide bonds. The van der Waals surface area contributed by atoms with Crippen LogP contribution in [0, 0.1) is 6.92 Å². The van der Waals surface area contributed by atoms with E-state index < -0.39 is 0 Å².